The predicted molar refractivity (Wildman–Crippen MR) is 138 cm³/mol. The Hall–Kier alpha value is -3.44. The van der Waals surface area contributed by atoms with E-state index in [-0.39, 0.29) is 21.7 Å². The van der Waals surface area contributed by atoms with Gasteiger partial charge < -0.3 is 9.47 Å². The number of aliphatic imine (C=N–C) groups is 1. The van der Waals surface area contributed by atoms with E-state index in [0.717, 1.165) is 34.4 Å². The second kappa shape index (κ2) is 10.0. The maximum Gasteiger partial charge on any atom is 0.283 e. The summed E-state index contributed by atoms with van der Waals surface area (Å²) in [6.45, 7) is 5.10. The zero-order valence-electron chi connectivity index (χ0n) is 19.4. The van der Waals surface area contributed by atoms with Crippen LogP contribution in [0.5, 0.6) is 11.5 Å². The highest BCUT2D eigenvalue weighted by atomic mass is 32.2. The SMILES string of the molecule is Cc1cccc(OCCCOc2ccc(/C=C3/C(=N)N4C(=NC3=O)SN=C4S(C)(=O)=O)cc2)c1C. The van der Waals surface area contributed by atoms with Crippen LogP contribution in [0.4, 0.5) is 0 Å². The van der Waals surface area contributed by atoms with Gasteiger partial charge in [0.25, 0.3) is 5.91 Å². The van der Waals surface area contributed by atoms with Crippen LogP contribution in [0.15, 0.2) is 57.4 Å². The highest BCUT2D eigenvalue weighted by molar-refractivity contribution is 8.16. The minimum absolute atomic E-state index is 0.0233. The topological polar surface area (TPSA) is 121 Å². The van der Waals surface area contributed by atoms with Crippen LogP contribution in [0.3, 0.4) is 0 Å². The zero-order chi connectivity index (χ0) is 25.2. The van der Waals surface area contributed by atoms with Crippen molar-refractivity contribution in [1.82, 2.24) is 4.90 Å². The zero-order valence-corrected chi connectivity index (χ0v) is 21.1. The number of hydrogen-bond acceptors (Lipinski definition) is 8. The van der Waals surface area contributed by atoms with Crippen LogP contribution in [-0.4, -0.2) is 54.9 Å². The van der Waals surface area contributed by atoms with Crippen LogP contribution in [0, 0.1) is 19.3 Å². The fourth-order valence-electron chi connectivity index (χ4n) is 3.38. The summed E-state index contributed by atoms with van der Waals surface area (Å²) in [5, 5.41) is 8.13. The molecule has 0 aromatic heterocycles. The number of nitrogens with zero attached hydrogens (tertiary/aromatic N) is 3. The fraction of sp³-hybridized carbons (Fsp3) is 0.250. The first-order chi connectivity index (χ1) is 16.6. The van der Waals surface area contributed by atoms with Crippen LogP contribution >= 0.6 is 11.9 Å². The van der Waals surface area contributed by atoms with E-state index in [0.29, 0.717) is 30.9 Å². The lowest BCUT2D eigenvalue weighted by atomic mass is 10.1. The number of hydrogen-bond donors (Lipinski definition) is 1. The van der Waals surface area contributed by atoms with E-state index in [1.807, 2.05) is 19.1 Å². The summed E-state index contributed by atoms with van der Waals surface area (Å²) in [7, 11) is -3.69. The van der Waals surface area contributed by atoms with E-state index in [1.54, 1.807) is 24.3 Å². The molecule has 2 aromatic carbocycles. The molecular formula is C24H24N4O5S2. The van der Waals surface area contributed by atoms with Gasteiger partial charge in [-0.1, -0.05) is 24.3 Å². The summed E-state index contributed by atoms with van der Waals surface area (Å²) in [6, 6.07) is 13.0. The third kappa shape index (κ3) is 5.46. The Morgan fingerprint density at radius 3 is 2.51 bits per heavy atom. The van der Waals surface area contributed by atoms with Gasteiger partial charge in [0, 0.05) is 12.7 Å². The van der Waals surface area contributed by atoms with Crippen molar-refractivity contribution in [2.45, 2.75) is 20.3 Å². The molecule has 0 unspecified atom stereocenters. The monoisotopic (exact) mass is 512 g/mol. The van der Waals surface area contributed by atoms with Crippen LogP contribution in [0.25, 0.3) is 6.08 Å². The molecule has 2 aromatic rings. The summed E-state index contributed by atoms with van der Waals surface area (Å²) in [5.41, 5.74) is 2.94. The smallest absolute Gasteiger partial charge is 0.283 e. The summed E-state index contributed by atoms with van der Waals surface area (Å²) in [6.07, 6.45) is 3.20. The molecule has 182 valence electrons. The lowest BCUT2D eigenvalue weighted by molar-refractivity contribution is -0.114. The van der Waals surface area contributed by atoms with Gasteiger partial charge >= 0.3 is 0 Å². The number of fused-ring (bicyclic) bond motifs is 1. The van der Waals surface area contributed by atoms with Gasteiger partial charge in [-0.15, -0.1) is 0 Å². The molecule has 2 aliphatic heterocycles. The van der Waals surface area contributed by atoms with Gasteiger partial charge in [-0.25, -0.2) is 13.3 Å². The number of aryl methyl sites for hydroxylation is 1. The Balaban J connectivity index is 1.35. The highest BCUT2D eigenvalue weighted by Crippen LogP contribution is 2.30. The highest BCUT2D eigenvalue weighted by Gasteiger charge is 2.41. The van der Waals surface area contributed by atoms with Crippen molar-refractivity contribution in [3.8, 4) is 11.5 Å². The molecular weight excluding hydrogens is 488 g/mol. The Bertz CT molecular complexity index is 1380. The van der Waals surface area contributed by atoms with E-state index >= 15 is 0 Å². The maximum absolute atomic E-state index is 12.4. The average molecular weight is 513 g/mol. The first-order valence-electron chi connectivity index (χ1n) is 10.8. The van der Waals surface area contributed by atoms with Gasteiger partial charge in [0.15, 0.2) is 0 Å². The molecule has 0 atom stereocenters. The normalized spacial score (nSPS) is 16.8. The molecule has 0 saturated carbocycles. The first-order valence-corrected chi connectivity index (χ1v) is 13.4. The lowest BCUT2D eigenvalue weighted by Gasteiger charge is -2.23. The summed E-state index contributed by atoms with van der Waals surface area (Å²) >= 11 is 0.760. The van der Waals surface area contributed by atoms with E-state index in [9.17, 15) is 13.2 Å². The largest absolute Gasteiger partial charge is 0.493 e. The van der Waals surface area contributed by atoms with Crippen LogP contribution in [-0.2, 0) is 14.6 Å². The molecule has 9 nitrogen and oxygen atoms in total. The van der Waals surface area contributed by atoms with Crippen molar-refractivity contribution in [3.05, 3.63) is 64.7 Å². The molecule has 11 heteroatoms. The van der Waals surface area contributed by atoms with Crippen molar-refractivity contribution in [3.63, 3.8) is 0 Å². The molecule has 0 radical (unpaired) electrons. The van der Waals surface area contributed by atoms with E-state index < -0.39 is 15.7 Å². The van der Waals surface area contributed by atoms with Gasteiger partial charge in [-0.2, -0.15) is 9.39 Å². The van der Waals surface area contributed by atoms with E-state index in [2.05, 4.69) is 22.4 Å². The Morgan fingerprint density at radius 2 is 1.80 bits per heavy atom. The Morgan fingerprint density at radius 1 is 1.09 bits per heavy atom. The molecule has 0 aliphatic carbocycles. The molecule has 0 fully saturated rings. The molecule has 4 rings (SSSR count). The molecule has 35 heavy (non-hydrogen) atoms. The molecule has 1 amide bonds. The van der Waals surface area contributed by atoms with Crippen molar-refractivity contribution in [2.75, 3.05) is 19.5 Å². The third-order valence-electron chi connectivity index (χ3n) is 5.39. The van der Waals surface area contributed by atoms with Crippen molar-refractivity contribution < 1.29 is 22.7 Å². The number of carbonyl (C=O) groups excluding carboxylic acids is 1. The number of amides is 1. The lowest BCUT2D eigenvalue weighted by Crippen LogP contribution is -2.45. The quantitative estimate of drug-likeness (QED) is 0.340. The third-order valence-corrected chi connectivity index (χ3v) is 7.14. The standard InChI is InChI=1S/C24H24N4O5S2/c1-15-6-4-7-20(16(15)2)33-13-5-12-32-18-10-8-17(9-11-18)14-19-21(25)28-23(26-22(19)29)34-27-24(28)35(3,30)31/h4,6-11,14,25H,5,12-13H2,1-3H3/b19-14-,25-21?. The van der Waals surface area contributed by atoms with E-state index in [4.69, 9.17) is 14.9 Å². The van der Waals surface area contributed by atoms with Gasteiger partial charge in [0.2, 0.25) is 20.2 Å². The van der Waals surface area contributed by atoms with Crippen LogP contribution in [0.1, 0.15) is 23.1 Å². The van der Waals surface area contributed by atoms with Gasteiger partial charge in [-0.05, 0) is 54.8 Å². The van der Waals surface area contributed by atoms with Gasteiger partial charge in [0.05, 0.1) is 30.7 Å². The second-order valence-corrected chi connectivity index (χ2v) is 10.6. The summed E-state index contributed by atoms with van der Waals surface area (Å²) in [4.78, 5) is 17.4. The molecule has 0 spiro atoms. The Labute approximate surface area is 208 Å². The Kier molecular flexibility index (Phi) is 7.08. The second-order valence-electron chi connectivity index (χ2n) is 8.00. The molecule has 2 heterocycles. The average Bonchev–Trinajstić information content (AvgIpc) is 3.24. The number of carbonyl (C=O) groups is 1. The van der Waals surface area contributed by atoms with Crippen LogP contribution < -0.4 is 9.47 Å². The molecule has 0 bridgehead atoms. The van der Waals surface area contributed by atoms with Crippen molar-refractivity contribution in [2.24, 2.45) is 9.39 Å². The predicted octanol–water partition coefficient (Wildman–Crippen LogP) is 3.77. The van der Waals surface area contributed by atoms with Crippen molar-refractivity contribution >= 4 is 49.9 Å². The number of benzene rings is 2. The molecule has 0 saturated heterocycles. The summed E-state index contributed by atoms with van der Waals surface area (Å²) < 4.78 is 39.4. The maximum atomic E-state index is 12.4. The van der Waals surface area contributed by atoms with Gasteiger partial charge in [-0.3, -0.25) is 10.2 Å². The molecule has 2 aliphatic rings. The number of ether oxygens (including phenoxy) is 2. The first kappa shape index (κ1) is 24.7. The number of sulfone groups is 1. The van der Waals surface area contributed by atoms with Gasteiger partial charge in [0.1, 0.15) is 17.3 Å². The fourth-order valence-corrected chi connectivity index (χ4v) is 5.22. The number of amidine groups is 3. The number of rotatable bonds is 7. The van der Waals surface area contributed by atoms with Crippen LogP contribution in [0.2, 0.25) is 0 Å². The minimum Gasteiger partial charge on any atom is -0.493 e. The minimum atomic E-state index is -3.69. The molecule has 1 N–H and O–H groups in total. The summed E-state index contributed by atoms with van der Waals surface area (Å²) in [5.74, 6) is 0.636. The van der Waals surface area contributed by atoms with Crippen molar-refractivity contribution in [1.29, 1.82) is 5.41 Å². The number of nitrogens with one attached hydrogen (secondary N) is 1. The van der Waals surface area contributed by atoms with E-state index in [1.165, 1.54) is 11.6 Å².